The minimum atomic E-state index is 0.0402. The number of rotatable bonds is 2. The van der Waals surface area contributed by atoms with E-state index in [9.17, 15) is 4.79 Å². The second-order valence-electron chi connectivity index (χ2n) is 4.66. The summed E-state index contributed by atoms with van der Waals surface area (Å²) < 4.78 is 0. The first-order valence-electron chi connectivity index (χ1n) is 5.88. The smallest absolute Gasteiger partial charge is 0.254 e. The number of nitrogens with two attached hydrogens (primary N) is 1. The Morgan fingerprint density at radius 2 is 2.35 bits per heavy atom. The lowest BCUT2D eigenvalue weighted by atomic mass is 10.1. The number of hydrogen-bond acceptors (Lipinski definition) is 3. The SMILES string of the molecule is Cc1cc(N)ccc1C(=O)N1CCC(CO)C1. The molecule has 92 valence electrons. The van der Waals surface area contributed by atoms with Crippen molar-refractivity contribution >= 4 is 11.6 Å². The highest BCUT2D eigenvalue weighted by atomic mass is 16.3. The van der Waals surface area contributed by atoms with Crippen LogP contribution in [-0.2, 0) is 0 Å². The molecule has 1 amide bonds. The van der Waals surface area contributed by atoms with E-state index in [0.29, 0.717) is 17.8 Å². The molecular weight excluding hydrogens is 216 g/mol. The van der Waals surface area contributed by atoms with Crippen LogP contribution in [0.4, 0.5) is 5.69 Å². The van der Waals surface area contributed by atoms with Crippen molar-refractivity contribution in [2.24, 2.45) is 5.92 Å². The molecule has 17 heavy (non-hydrogen) atoms. The van der Waals surface area contributed by atoms with Crippen molar-refractivity contribution in [1.82, 2.24) is 4.90 Å². The molecule has 0 aromatic heterocycles. The molecular formula is C13H18N2O2. The molecule has 1 aromatic rings. The summed E-state index contributed by atoms with van der Waals surface area (Å²) in [5.41, 5.74) is 7.95. The van der Waals surface area contributed by atoms with Crippen LogP contribution in [0.1, 0.15) is 22.3 Å². The zero-order chi connectivity index (χ0) is 12.4. The lowest BCUT2D eigenvalue weighted by Crippen LogP contribution is -2.29. The Balaban J connectivity index is 2.15. The van der Waals surface area contributed by atoms with Gasteiger partial charge in [-0.25, -0.2) is 0 Å². The van der Waals surface area contributed by atoms with E-state index in [1.807, 2.05) is 13.0 Å². The van der Waals surface area contributed by atoms with Crippen LogP contribution in [0.2, 0.25) is 0 Å². The van der Waals surface area contributed by atoms with E-state index in [2.05, 4.69) is 0 Å². The first-order valence-corrected chi connectivity index (χ1v) is 5.88. The third-order valence-corrected chi connectivity index (χ3v) is 3.31. The molecule has 3 N–H and O–H groups in total. The summed E-state index contributed by atoms with van der Waals surface area (Å²) in [4.78, 5) is 14.0. The van der Waals surface area contributed by atoms with Crippen molar-refractivity contribution in [3.05, 3.63) is 29.3 Å². The Kier molecular flexibility index (Phi) is 3.33. The number of aliphatic hydroxyl groups excluding tert-OH is 1. The minimum absolute atomic E-state index is 0.0402. The fourth-order valence-electron chi connectivity index (χ4n) is 2.26. The van der Waals surface area contributed by atoms with E-state index in [-0.39, 0.29) is 18.4 Å². The lowest BCUT2D eigenvalue weighted by molar-refractivity contribution is 0.0781. The van der Waals surface area contributed by atoms with Crippen LogP contribution in [-0.4, -0.2) is 35.6 Å². The first-order chi connectivity index (χ1) is 8.11. The Labute approximate surface area is 101 Å². The third-order valence-electron chi connectivity index (χ3n) is 3.31. The first kappa shape index (κ1) is 11.9. The second-order valence-corrected chi connectivity index (χ2v) is 4.66. The Morgan fingerprint density at radius 3 is 2.94 bits per heavy atom. The average molecular weight is 234 g/mol. The van der Waals surface area contributed by atoms with E-state index < -0.39 is 0 Å². The Morgan fingerprint density at radius 1 is 1.59 bits per heavy atom. The van der Waals surface area contributed by atoms with Gasteiger partial charge in [-0.1, -0.05) is 0 Å². The Hall–Kier alpha value is -1.55. The van der Waals surface area contributed by atoms with E-state index in [1.165, 1.54) is 0 Å². The number of likely N-dealkylation sites (tertiary alicyclic amines) is 1. The standard InChI is InChI=1S/C13H18N2O2/c1-9-6-11(14)2-3-12(9)13(17)15-5-4-10(7-15)8-16/h2-3,6,10,16H,4-5,7-8,14H2,1H3. The van der Waals surface area contributed by atoms with E-state index in [4.69, 9.17) is 10.8 Å². The molecule has 0 saturated carbocycles. The fraction of sp³-hybridized carbons (Fsp3) is 0.462. The predicted octanol–water partition coefficient (Wildman–Crippen LogP) is 1.03. The van der Waals surface area contributed by atoms with Gasteiger partial charge in [-0.05, 0) is 37.1 Å². The van der Waals surface area contributed by atoms with Crippen molar-refractivity contribution in [2.75, 3.05) is 25.4 Å². The summed E-state index contributed by atoms with van der Waals surface area (Å²) in [6.07, 6.45) is 0.885. The maximum Gasteiger partial charge on any atom is 0.254 e. The zero-order valence-corrected chi connectivity index (χ0v) is 10.0. The molecule has 4 heteroatoms. The summed E-state index contributed by atoms with van der Waals surface area (Å²) in [6.45, 7) is 3.43. The third kappa shape index (κ3) is 2.42. The molecule has 1 heterocycles. The molecule has 1 aliphatic heterocycles. The maximum atomic E-state index is 12.2. The van der Waals surface area contributed by atoms with Gasteiger partial charge in [-0.3, -0.25) is 4.79 Å². The monoisotopic (exact) mass is 234 g/mol. The summed E-state index contributed by atoms with van der Waals surface area (Å²) in [7, 11) is 0. The maximum absolute atomic E-state index is 12.2. The van der Waals surface area contributed by atoms with Gasteiger partial charge in [-0.2, -0.15) is 0 Å². The van der Waals surface area contributed by atoms with E-state index in [1.54, 1.807) is 17.0 Å². The molecule has 1 fully saturated rings. The normalized spacial score (nSPS) is 19.6. The van der Waals surface area contributed by atoms with Crippen molar-refractivity contribution in [1.29, 1.82) is 0 Å². The summed E-state index contributed by atoms with van der Waals surface area (Å²) in [5, 5.41) is 9.07. The van der Waals surface area contributed by atoms with Crippen LogP contribution >= 0.6 is 0 Å². The quantitative estimate of drug-likeness (QED) is 0.751. The number of nitrogen functional groups attached to an aromatic ring is 1. The van der Waals surface area contributed by atoms with E-state index >= 15 is 0 Å². The number of amides is 1. The number of aryl methyl sites for hydroxylation is 1. The van der Waals surface area contributed by atoms with Gasteiger partial charge in [-0.15, -0.1) is 0 Å². The van der Waals surface area contributed by atoms with Crippen LogP contribution in [0.15, 0.2) is 18.2 Å². The van der Waals surface area contributed by atoms with Crippen LogP contribution in [0.5, 0.6) is 0 Å². The van der Waals surface area contributed by atoms with Gasteiger partial charge >= 0.3 is 0 Å². The number of carbonyl (C=O) groups is 1. The van der Waals surface area contributed by atoms with Gasteiger partial charge in [0.1, 0.15) is 0 Å². The van der Waals surface area contributed by atoms with Gasteiger partial charge in [0.2, 0.25) is 0 Å². The largest absolute Gasteiger partial charge is 0.399 e. The van der Waals surface area contributed by atoms with Gasteiger partial charge in [0.25, 0.3) is 5.91 Å². The van der Waals surface area contributed by atoms with Crippen molar-refractivity contribution in [3.63, 3.8) is 0 Å². The number of hydrogen-bond donors (Lipinski definition) is 2. The van der Waals surface area contributed by atoms with Crippen molar-refractivity contribution in [3.8, 4) is 0 Å². The van der Waals surface area contributed by atoms with Crippen LogP contribution < -0.4 is 5.73 Å². The second kappa shape index (κ2) is 4.75. The van der Waals surface area contributed by atoms with Gasteiger partial charge < -0.3 is 15.7 Å². The zero-order valence-electron chi connectivity index (χ0n) is 10.0. The van der Waals surface area contributed by atoms with Gasteiger partial charge in [0, 0.05) is 36.9 Å². The van der Waals surface area contributed by atoms with Crippen molar-refractivity contribution in [2.45, 2.75) is 13.3 Å². The molecule has 4 nitrogen and oxygen atoms in total. The highest BCUT2D eigenvalue weighted by Crippen LogP contribution is 2.20. The topological polar surface area (TPSA) is 66.6 Å². The molecule has 0 radical (unpaired) electrons. The molecule has 1 saturated heterocycles. The molecule has 1 unspecified atom stereocenters. The average Bonchev–Trinajstić information content (AvgIpc) is 2.76. The lowest BCUT2D eigenvalue weighted by Gasteiger charge is -2.17. The summed E-state index contributed by atoms with van der Waals surface area (Å²) in [5.74, 6) is 0.270. The molecule has 1 atom stereocenters. The summed E-state index contributed by atoms with van der Waals surface area (Å²) >= 11 is 0. The summed E-state index contributed by atoms with van der Waals surface area (Å²) in [6, 6.07) is 5.34. The van der Waals surface area contributed by atoms with Crippen LogP contribution in [0.25, 0.3) is 0 Å². The minimum Gasteiger partial charge on any atom is -0.399 e. The molecule has 1 aliphatic rings. The number of aliphatic hydroxyl groups is 1. The van der Waals surface area contributed by atoms with Gasteiger partial charge in [0.05, 0.1) is 0 Å². The number of benzene rings is 1. The molecule has 2 rings (SSSR count). The van der Waals surface area contributed by atoms with Crippen LogP contribution in [0, 0.1) is 12.8 Å². The predicted molar refractivity (Wildman–Crippen MR) is 66.7 cm³/mol. The highest BCUT2D eigenvalue weighted by molar-refractivity contribution is 5.96. The molecule has 0 spiro atoms. The van der Waals surface area contributed by atoms with E-state index in [0.717, 1.165) is 18.5 Å². The fourth-order valence-corrected chi connectivity index (χ4v) is 2.26. The van der Waals surface area contributed by atoms with Crippen LogP contribution in [0.3, 0.4) is 0 Å². The molecule has 0 aliphatic carbocycles. The number of carbonyl (C=O) groups excluding carboxylic acids is 1. The Bertz CT molecular complexity index is 431. The molecule has 1 aromatic carbocycles. The molecule has 0 bridgehead atoms. The van der Waals surface area contributed by atoms with Crippen molar-refractivity contribution < 1.29 is 9.90 Å². The number of anilines is 1. The highest BCUT2D eigenvalue weighted by Gasteiger charge is 2.26. The number of nitrogens with zero attached hydrogens (tertiary/aromatic N) is 1. The van der Waals surface area contributed by atoms with Gasteiger partial charge in [0.15, 0.2) is 0 Å².